The number of piperazine rings is 1. The van der Waals surface area contributed by atoms with Gasteiger partial charge in [-0.1, -0.05) is 36.4 Å². The van der Waals surface area contributed by atoms with E-state index in [2.05, 4.69) is 37.9 Å². The summed E-state index contributed by atoms with van der Waals surface area (Å²) >= 11 is 1.77. The number of hydrogen-bond acceptors (Lipinski definition) is 5. The fourth-order valence-electron chi connectivity index (χ4n) is 3.35. The molecule has 0 bridgehead atoms. The van der Waals surface area contributed by atoms with Gasteiger partial charge >= 0.3 is 6.03 Å². The summed E-state index contributed by atoms with van der Waals surface area (Å²) in [7, 11) is 0. The Kier molecular flexibility index (Phi) is 6.98. The number of carbonyl (C=O) groups is 2. The van der Waals surface area contributed by atoms with Gasteiger partial charge in [0.2, 0.25) is 5.91 Å². The number of nitrogens with one attached hydrogen (secondary N) is 2. The van der Waals surface area contributed by atoms with E-state index in [4.69, 9.17) is 0 Å². The summed E-state index contributed by atoms with van der Waals surface area (Å²) < 4.78 is 0. The monoisotopic (exact) mass is 386 g/mol. The lowest BCUT2D eigenvalue weighted by molar-refractivity contribution is -0.126. The quantitative estimate of drug-likeness (QED) is 0.800. The van der Waals surface area contributed by atoms with Crippen molar-refractivity contribution in [2.75, 3.05) is 32.7 Å². The van der Waals surface area contributed by atoms with E-state index in [1.165, 1.54) is 4.88 Å². The number of benzene rings is 1. The average molecular weight is 387 g/mol. The third-order valence-electron chi connectivity index (χ3n) is 4.67. The normalized spacial score (nSPS) is 16.6. The van der Waals surface area contributed by atoms with E-state index in [1.807, 2.05) is 37.3 Å². The molecule has 0 unspecified atom stereocenters. The highest BCUT2D eigenvalue weighted by molar-refractivity contribution is 7.09. The fourth-order valence-corrected chi connectivity index (χ4v) is 4.10. The Morgan fingerprint density at radius 2 is 1.81 bits per heavy atom. The first kappa shape index (κ1) is 19.5. The molecule has 1 atom stereocenters. The largest absolute Gasteiger partial charge is 0.338 e. The van der Waals surface area contributed by atoms with E-state index in [1.54, 1.807) is 11.3 Å². The van der Waals surface area contributed by atoms with Crippen molar-refractivity contribution in [3.63, 3.8) is 0 Å². The molecule has 0 radical (unpaired) electrons. The van der Waals surface area contributed by atoms with Gasteiger partial charge in [-0.15, -0.1) is 11.3 Å². The Morgan fingerprint density at radius 3 is 2.44 bits per heavy atom. The smallest absolute Gasteiger partial charge is 0.321 e. The van der Waals surface area contributed by atoms with Crippen molar-refractivity contribution < 1.29 is 9.59 Å². The molecule has 1 aromatic carbocycles. The van der Waals surface area contributed by atoms with Gasteiger partial charge in [-0.05, 0) is 23.9 Å². The van der Waals surface area contributed by atoms with Crippen molar-refractivity contribution in [1.29, 1.82) is 0 Å². The molecule has 1 saturated heterocycles. The molecule has 1 aromatic heterocycles. The van der Waals surface area contributed by atoms with E-state index in [9.17, 15) is 9.59 Å². The molecule has 27 heavy (non-hydrogen) atoms. The number of urea groups is 1. The van der Waals surface area contributed by atoms with Crippen LogP contribution >= 0.6 is 11.3 Å². The molecule has 2 aromatic rings. The van der Waals surface area contributed by atoms with Crippen molar-refractivity contribution in [1.82, 2.24) is 20.4 Å². The maximum atomic E-state index is 12.8. The number of rotatable bonds is 6. The molecule has 1 aliphatic rings. The van der Waals surface area contributed by atoms with Gasteiger partial charge in [0.25, 0.3) is 0 Å². The summed E-state index contributed by atoms with van der Waals surface area (Å²) in [6.07, 6.45) is 0. The maximum Gasteiger partial charge on any atom is 0.321 e. The van der Waals surface area contributed by atoms with Gasteiger partial charge in [-0.2, -0.15) is 0 Å². The van der Waals surface area contributed by atoms with Crippen molar-refractivity contribution in [2.45, 2.75) is 19.5 Å². The first-order valence-corrected chi connectivity index (χ1v) is 10.2. The number of nitrogens with zero attached hydrogens (tertiary/aromatic N) is 2. The van der Waals surface area contributed by atoms with E-state index in [0.717, 1.165) is 38.3 Å². The third-order valence-corrected chi connectivity index (χ3v) is 5.53. The molecule has 6 nitrogen and oxygen atoms in total. The molecular weight excluding hydrogens is 360 g/mol. The molecule has 1 aliphatic heterocycles. The molecule has 7 heteroatoms. The third kappa shape index (κ3) is 5.38. The van der Waals surface area contributed by atoms with Crippen molar-refractivity contribution >= 4 is 23.3 Å². The molecule has 0 aliphatic carbocycles. The highest BCUT2D eigenvalue weighted by Gasteiger charge is 2.31. The van der Waals surface area contributed by atoms with Crippen LogP contribution in [-0.2, 0) is 11.3 Å². The average Bonchev–Trinajstić information content (AvgIpc) is 3.17. The molecule has 0 spiro atoms. The van der Waals surface area contributed by atoms with Crippen LogP contribution in [-0.4, -0.2) is 54.5 Å². The molecule has 1 fully saturated rings. The van der Waals surface area contributed by atoms with Gasteiger partial charge in [0.1, 0.15) is 6.04 Å². The Morgan fingerprint density at radius 1 is 1.07 bits per heavy atom. The summed E-state index contributed by atoms with van der Waals surface area (Å²) in [5.74, 6) is -0.279. The number of imide groups is 1. The van der Waals surface area contributed by atoms with Crippen LogP contribution in [0, 0.1) is 0 Å². The highest BCUT2D eigenvalue weighted by Crippen LogP contribution is 2.23. The summed E-state index contributed by atoms with van der Waals surface area (Å²) in [5.41, 5.74) is 0.908. The molecule has 2 heterocycles. The number of thiophene rings is 1. The number of carbonyl (C=O) groups excluding carboxylic acids is 2. The van der Waals surface area contributed by atoms with Crippen LogP contribution in [0.3, 0.4) is 0 Å². The van der Waals surface area contributed by atoms with Crippen molar-refractivity contribution in [3.8, 4) is 0 Å². The molecular formula is C20H26N4O2S. The van der Waals surface area contributed by atoms with E-state index in [-0.39, 0.29) is 5.91 Å². The highest BCUT2D eigenvalue weighted by atomic mass is 32.1. The lowest BCUT2D eigenvalue weighted by atomic mass is 10.0. The first-order chi connectivity index (χ1) is 13.2. The Balaban J connectivity index is 1.66. The van der Waals surface area contributed by atoms with Crippen LogP contribution in [0.5, 0.6) is 0 Å². The summed E-state index contributed by atoms with van der Waals surface area (Å²) in [6.45, 7) is 6.63. The minimum Gasteiger partial charge on any atom is -0.338 e. The van der Waals surface area contributed by atoms with Crippen molar-refractivity contribution in [2.24, 2.45) is 0 Å². The van der Waals surface area contributed by atoms with Gasteiger partial charge < -0.3 is 5.32 Å². The standard InChI is InChI=1S/C20H26N4O2S/c1-2-21-20(26)22-19(25)18(16-7-4-3-5-8-16)24-12-10-23(11-13-24)15-17-9-6-14-27-17/h3-9,14,18H,2,10-13,15H2,1H3,(H2,21,22,25,26)/t18-/m0/s1. The maximum absolute atomic E-state index is 12.8. The van der Waals surface area contributed by atoms with Crippen LogP contribution < -0.4 is 10.6 Å². The Bertz CT molecular complexity index is 728. The van der Waals surface area contributed by atoms with Crippen LogP contribution in [0.1, 0.15) is 23.4 Å². The summed E-state index contributed by atoms with van der Waals surface area (Å²) in [5, 5.41) is 7.20. The van der Waals surface area contributed by atoms with Gasteiger partial charge in [0, 0.05) is 44.1 Å². The van der Waals surface area contributed by atoms with Gasteiger partial charge in [-0.3, -0.25) is 19.9 Å². The molecule has 2 N–H and O–H groups in total. The fraction of sp³-hybridized carbons (Fsp3) is 0.400. The lowest BCUT2D eigenvalue weighted by Crippen LogP contribution is -2.52. The number of hydrogen-bond donors (Lipinski definition) is 2. The van der Waals surface area contributed by atoms with E-state index >= 15 is 0 Å². The second-order valence-electron chi connectivity index (χ2n) is 6.55. The Labute approximate surface area is 164 Å². The minimum atomic E-state index is -0.460. The second-order valence-corrected chi connectivity index (χ2v) is 7.59. The predicted molar refractivity (Wildman–Crippen MR) is 108 cm³/mol. The van der Waals surface area contributed by atoms with Gasteiger partial charge in [0.05, 0.1) is 0 Å². The van der Waals surface area contributed by atoms with Gasteiger partial charge in [0.15, 0.2) is 0 Å². The SMILES string of the molecule is CCNC(=O)NC(=O)[C@H](c1ccccc1)N1CCN(Cc2cccs2)CC1. The topological polar surface area (TPSA) is 64.7 Å². The van der Waals surface area contributed by atoms with Crippen LogP contribution in [0.25, 0.3) is 0 Å². The predicted octanol–water partition coefficient (Wildman–Crippen LogP) is 2.45. The zero-order valence-electron chi connectivity index (χ0n) is 15.6. The first-order valence-electron chi connectivity index (χ1n) is 9.30. The summed E-state index contributed by atoms with van der Waals surface area (Å²) in [4.78, 5) is 30.6. The van der Waals surface area contributed by atoms with Crippen LogP contribution in [0.4, 0.5) is 4.79 Å². The molecule has 3 rings (SSSR count). The zero-order chi connectivity index (χ0) is 19.1. The van der Waals surface area contributed by atoms with Crippen LogP contribution in [0.15, 0.2) is 47.8 Å². The van der Waals surface area contributed by atoms with Crippen LogP contribution in [0.2, 0.25) is 0 Å². The lowest BCUT2D eigenvalue weighted by Gasteiger charge is -2.38. The number of amides is 3. The molecule has 144 valence electrons. The molecule has 0 saturated carbocycles. The summed E-state index contributed by atoms with van der Waals surface area (Å²) in [6, 6.07) is 13.0. The molecule has 3 amide bonds. The zero-order valence-corrected chi connectivity index (χ0v) is 16.4. The van der Waals surface area contributed by atoms with Gasteiger partial charge in [-0.25, -0.2) is 4.79 Å². The Hall–Kier alpha value is -2.22. The van der Waals surface area contributed by atoms with E-state index in [0.29, 0.717) is 6.54 Å². The second kappa shape index (κ2) is 9.64. The van der Waals surface area contributed by atoms with E-state index < -0.39 is 12.1 Å². The minimum absolute atomic E-state index is 0.279. The van der Waals surface area contributed by atoms with Crippen molar-refractivity contribution in [3.05, 3.63) is 58.3 Å².